The minimum Gasteiger partial charge on any atom is -0.480 e. The fraction of sp³-hybridized carbons (Fsp3) is 0.667. The standard InChI is InChI=1S/C9H12N2O4/c10-6(12)5-1-4-11(5)7(13)9(2-3-9)8(14)15/h5H,1-4H2,(H2,10,12)(H,14,15). The summed E-state index contributed by atoms with van der Waals surface area (Å²) in [5.41, 5.74) is 3.83. The molecule has 82 valence electrons. The number of nitrogens with two attached hydrogens (primary N) is 1. The van der Waals surface area contributed by atoms with Crippen LogP contribution in [0.25, 0.3) is 0 Å². The van der Waals surface area contributed by atoms with E-state index in [2.05, 4.69) is 0 Å². The summed E-state index contributed by atoms with van der Waals surface area (Å²) in [5.74, 6) is -2.11. The molecule has 1 saturated carbocycles. The highest BCUT2D eigenvalue weighted by Gasteiger charge is 2.60. The third kappa shape index (κ3) is 1.28. The van der Waals surface area contributed by atoms with Crippen molar-refractivity contribution in [3.05, 3.63) is 0 Å². The lowest BCUT2D eigenvalue weighted by molar-refractivity contribution is -0.160. The molecule has 0 radical (unpaired) electrons. The number of rotatable bonds is 3. The Kier molecular flexibility index (Phi) is 1.95. The second kappa shape index (κ2) is 2.95. The molecule has 0 spiro atoms. The van der Waals surface area contributed by atoms with Crippen LogP contribution in [0.1, 0.15) is 19.3 Å². The Hall–Kier alpha value is -1.59. The summed E-state index contributed by atoms with van der Waals surface area (Å²) in [6.07, 6.45) is 1.27. The van der Waals surface area contributed by atoms with E-state index in [-0.39, 0.29) is 0 Å². The van der Waals surface area contributed by atoms with Gasteiger partial charge in [-0.2, -0.15) is 0 Å². The van der Waals surface area contributed by atoms with E-state index >= 15 is 0 Å². The molecule has 2 fully saturated rings. The predicted octanol–water partition coefficient (Wildman–Crippen LogP) is -1.06. The van der Waals surface area contributed by atoms with Gasteiger partial charge in [-0.05, 0) is 19.3 Å². The number of carboxylic acids is 1. The van der Waals surface area contributed by atoms with Gasteiger partial charge >= 0.3 is 5.97 Å². The fourth-order valence-electron chi connectivity index (χ4n) is 1.85. The number of primary amides is 1. The third-order valence-corrected chi connectivity index (χ3v) is 3.18. The molecule has 1 saturated heterocycles. The van der Waals surface area contributed by atoms with Crippen molar-refractivity contribution < 1.29 is 19.5 Å². The van der Waals surface area contributed by atoms with Crippen LogP contribution in [0.4, 0.5) is 0 Å². The van der Waals surface area contributed by atoms with Gasteiger partial charge in [0.2, 0.25) is 11.8 Å². The lowest BCUT2D eigenvalue weighted by Gasteiger charge is -2.40. The van der Waals surface area contributed by atoms with Crippen LogP contribution in [0.3, 0.4) is 0 Å². The predicted molar refractivity (Wildman–Crippen MR) is 48.6 cm³/mol. The van der Waals surface area contributed by atoms with Crippen molar-refractivity contribution in [1.82, 2.24) is 4.90 Å². The number of amides is 2. The van der Waals surface area contributed by atoms with Crippen molar-refractivity contribution in [1.29, 1.82) is 0 Å². The van der Waals surface area contributed by atoms with Crippen molar-refractivity contribution in [2.45, 2.75) is 25.3 Å². The molecule has 0 aromatic rings. The highest BCUT2D eigenvalue weighted by molar-refractivity contribution is 6.06. The largest absolute Gasteiger partial charge is 0.480 e. The van der Waals surface area contributed by atoms with Gasteiger partial charge in [-0.1, -0.05) is 0 Å². The summed E-state index contributed by atoms with van der Waals surface area (Å²) in [4.78, 5) is 34.9. The van der Waals surface area contributed by atoms with Gasteiger partial charge in [0.15, 0.2) is 0 Å². The zero-order valence-electron chi connectivity index (χ0n) is 8.10. The molecule has 2 rings (SSSR count). The monoisotopic (exact) mass is 212 g/mol. The lowest BCUT2D eigenvalue weighted by atomic mass is 9.97. The molecule has 2 amide bonds. The van der Waals surface area contributed by atoms with Gasteiger partial charge in [-0.3, -0.25) is 14.4 Å². The van der Waals surface area contributed by atoms with Crippen LogP contribution in [-0.2, 0) is 14.4 Å². The number of aliphatic carboxylic acids is 1. The maximum Gasteiger partial charge on any atom is 0.319 e. The first-order valence-corrected chi connectivity index (χ1v) is 4.83. The summed E-state index contributed by atoms with van der Waals surface area (Å²) in [6, 6.07) is -0.602. The molecule has 1 aliphatic carbocycles. The molecule has 3 N–H and O–H groups in total. The van der Waals surface area contributed by atoms with Crippen LogP contribution >= 0.6 is 0 Å². The van der Waals surface area contributed by atoms with E-state index in [0.29, 0.717) is 25.8 Å². The van der Waals surface area contributed by atoms with Gasteiger partial charge < -0.3 is 15.7 Å². The van der Waals surface area contributed by atoms with Gasteiger partial charge in [0.25, 0.3) is 0 Å². The highest BCUT2D eigenvalue weighted by Crippen LogP contribution is 2.48. The summed E-state index contributed by atoms with van der Waals surface area (Å²) in [7, 11) is 0. The molecule has 6 nitrogen and oxygen atoms in total. The Labute approximate surface area is 86.0 Å². The van der Waals surface area contributed by atoms with E-state index in [1.807, 2.05) is 0 Å². The van der Waals surface area contributed by atoms with E-state index in [1.54, 1.807) is 0 Å². The van der Waals surface area contributed by atoms with Crippen LogP contribution in [0.5, 0.6) is 0 Å². The van der Waals surface area contributed by atoms with Crippen LogP contribution in [0, 0.1) is 5.41 Å². The van der Waals surface area contributed by atoms with Gasteiger partial charge in [-0.15, -0.1) is 0 Å². The maximum absolute atomic E-state index is 11.8. The molecule has 1 heterocycles. The normalized spacial score (nSPS) is 26.7. The van der Waals surface area contributed by atoms with Crippen LogP contribution in [0.2, 0.25) is 0 Å². The zero-order chi connectivity index (χ0) is 11.2. The first-order chi connectivity index (χ1) is 6.99. The first-order valence-electron chi connectivity index (χ1n) is 4.83. The van der Waals surface area contributed by atoms with Crippen molar-refractivity contribution in [3.63, 3.8) is 0 Å². The molecular formula is C9H12N2O4. The molecule has 0 bridgehead atoms. The Balaban J connectivity index is 2.10. The number of likely N-dealkylation sites (tertiary alicyclic amines) is 1. The topological polar surface area (TPSA) is 101 Å². The second-order valence-corrected chi connectivity index (χ2v) is 4.09. The van der Waals surface area contributed by atoms with Gasteiger partial charge in [0, 0.05) is 6.54 Å². The van der Waals surface area contributed by atoms with Crippen LogP contribution < -0.4 is 5.73 Å². The number of nitrogens with zero attached hydrogens (tertiary/aromatic N) is 1. The van der Waals surface area contributed by atoms with E-state index in [4.69, 9.17) is 10.8 Å². The minimum atomic E-state index is -1.26. The van der Waals surface area contributed by atoms with Gasteiger partial charge in [-0.25, -0.2) is 0 Å². The quantitative estimate of drug-likeness (QED) is 0.582. The van der Waals surface area contributed by atoms with E-state index < -0.39 is 29.2 Å². The Morgan fingerprint density at radius 2 is 1.93 bits per heavy atom. The van der Waals surface area contributed by atoms with Crippen molar-refractivity contribution >= 4 is 17.8 Å². The minimum absolute atomic E-state index is 0.364. The molecule has 2 aliphatic rings. The van der Waals surface area contributed by atoms with Crippen molar-refractivity contribution in [2.24, 2.45) is 11.1 Å². The maximum atomic E-state index is 11.8. The highest BCUT2D eigenvalue weighted by atomic mass is 16.4. The van der Waals surface area contributed by atoms with Crippen LogP contribution in [0.15, 0.2) is 0 Å². The number of hydrogen-bond acceptors (Lipinski definition) is 3. The average molecular weight is 212 g/mol. The summed E-state index contributed by atoms with van der Waals surface area (Å²) in [5, 5.41) is 8.90. The number of carboxylic acid groups (broad SMARTS) is 1. The smallest absolute Gasteiger partial charge is 0.319 e. The summed E-state index contributed by atoms with van der Waals surface area (Å²) >= 11 is 0. The number of carbonyl (C=O) groups is 3. The third-order valence-electron chi connectivity index (χ3n) is 3.18. The summed E-state index contributed by atoms with van der Waals surface area (Å²) in [6.45, 7) is 0.432. The molecule has 1 atom stereocenters. The molecular weight excluding hydrogens is 200 g/mol. The molecule has 0 aromatic heterocycles. The van der Waals surface area contributed by atoms with Crippen LogP contribution in [-0.4, -0.2) is 40.4 Å². The molecule has 0 aromatic carbocycles. The SMILES string of the molecule is NC(=O)C1CCN1C(=O)C1(C(=O)O)CC1. The number of hydrogen-bond donors (Lipinski definition) is 2. The van der Waals surface area contributed by atoms with E-state index in [1.165, 1.54) is 4.90 Å². The van der Waals surface area contributed by atoms with Crippen molar-refractivity contribution in [2.75, 3.05) is 6.54 Å². The molecule has 1 aliphatic heterocycles. The zero-order valence-corrected chi connectivity index (χ0v) is 8.10. The average Bonchev–Trinajstić information content (AvgIpc) is 2.79. The number of carbonyl (C=O) groups excluding carboxylic acids is 2. The van der Waals surface area contributed by atoms with E-state index in [0.717, 1.165) is 0 Å². The van der Waals surface area contributed by atoms with Crippen molar-refractivity contribution in [3.8, 4) is 0 Å². The fourth-order valence-corrected chi connectivity index (χ4v) is 1.85. The molecule has 15 heavy (non-hydrogen) atoms. The van der Waals surface area contributed by atoms with Gasteiger partial charge in [0.1, 0.15) is 11.5 Å². The Morgan fingerprint density at radius 1 is 1.33 bits per heavy atom. The Morgan fingerprint density at radius 3 is 2.20 bits per heavy atom. The second-order valence-electron chi connectivity index (χ2n) is 4.09. The molecule has 1 unspecified atom stereocenters. The van der Waals surface area contributed by atoms with Gasteiger partial charge in [0.05, 0.1) is 0 Å². The first kappa shape index (κ1) is 9.95. The Bertz CT molecular complexity index is 348. The molecule has 6 heteroatoms. The summed E-state index contributed by atoms with van der Waals surface area (Å²) < 4.78 is 0. The lowest BCUT2D eigenvalue weighted by Crippen LogP contribution is -2.59. The van der Waals surface area contributed by atoms with E-state index in [9.17, 15) is 14.4 Å².